The van der Waals surface area contributed by atoms with Crippen molar-refractivity contribution in [3.05, 3.63) is 74.6 Å². The SMILES string of the molecule is Cc1ccc(-c2csc(-c3cnc(N)c(-c4nc(-c5ccc(C)c(C)c5C)cs4)n3)n2)c(C)c1C. The van der Waals surface area contributed by atoms with E-state index >= 15 is 0 Å². The molecule has 7 heteroatoms. The number of nitrogens with zero attached hydrogens (tertiary/aromatic N) is 4. The zero-order chi connectivity index (χ0) is 24.9. The first-order valence-corrected chi connectivity index (χ1v) is 13.2. The van der Waals surface area contributed by atoms with Crippen LogP contribution in [0.1, 0.15) is 33.4 Å². The Bertz CT molecular complexity index is 1580. The van der Waals surface area contributed by atoms with E-state index in [1.807, 2.05) is 0 Å². The molecule has 3 aromatic heterocycles. The first-order valence-electron chi connectivity index (χ1n) is 11.4. The summed E-state index contributed by atoms with van der Waals surface area (Å²) in [6.07, 6.45) is 1.69. The molecular weight excluding hydrogens is 470 g/mol. The Morgan fingerprint density at radius 2 is 1.11 bits per heavy atom. The van der Waals surface area contributed by atoms with Crippen LogP contribution in [0.15, 0.2) is 41.2 Å². The van der Waals surface area contributed by atoms with Crippen LogP contribution < -0.4 is 5.73 Å². The highest BCUT2D eigenvalue weighted by Crippen LogP contribution is 2.36. The van der Waals surface area contributed by atoms with E-state index in [4.69, 9.17) is 20.7 Å². The van der Waals surface area contributed by atoms with Gasteiger partial charge in [-0.1, -0.05) is 24.3 Å². The molecule has 5 aromatic rings. The van der Waals surface area contributed by atoms with Crippen molar-refractivity contribution in [3.8, 4) is 43.9 Å². The van der Waals surface area contributed by atoms with E-state index in [1.54, 1.807) is 17.5 Å². The molecule has 0 atom stereocenters. The van der Waals surface area contributed by atoms with Crippen LogP contribution >= 0.6 is 22.7 Å². The summed E-state index contributed by atoms with van der Waals surface area (Å²) in [4.78, 5) is 19.0. The van der Waals surface area contributed by atoms with E-state index in [-0.39, 0.29) is 0 Å². The van der Waals surface area contributed by atoms with Crippen molar-refractivity contribution >= 4 is 28.5 Å². The maximum absolute atomic E-state index is 6.24. The third-order valence-electron chi connectivity index (χ3n) is 6.90. The molecule has 5 rings (SSSR count). The summed E-state index contributed by atoms with van der Waals surface area (Å²) >= 11 is 3.09. The second-order valence-electron chi connectivity index (χ2n) is 8.92. The van der Waals surface area contributed by atoms with Crippen molar-refractivity contribution in [2.45, 2.75) is 41.5 Å². The average molecular weight is 498 g/mol. The number of hydrogen-bond donors (Lipinski definition) is 1. The smallest absolute Gasteiger partial charge is 0.152 e. The quantitative estimate of drug-likeness (QED) is 0.278. The summed E-state index contributed by atoms with van der Waals surface area (Å²) in [7, 11) is 0. The Morgan fingerprint density at radius 3 is 1.69 bits per heavy atom. The second kappa shape index (κ2) is 8.98. The molecule has 0 fully saturated rings. The average Bonchev–Trinajstić information content (AvgIpc) is 3.52. The lowest BCUT2D eigenvalue weighted by Gasteiger charge is -2.09. The van der Waals surface area contributed by atoms with Gasteiger partial charge >= 0.3 is 0 Å². The van der Waals surface area contributed by atoms with Crippen molar-refractivity contribution in [1.29, 1.82) is 0 Å². The lowest BCUT2D eigenvalue weighted by Crippen LogP contribution is -1.99. The van der Waals surface area contributed by atoms with Gasteiger partial charge in [-0.15, -0.1) is 22.7 Å². The molecule has 0 saturated heterocycles. The molecule has 0 aliphatic heterocycles. The molecule has 5 nitrogen and oxygen atoms in total. The predicted molar refractivity (Wildman–Crippen MR) is 148 cm³/mol. The van der Waals surface area contributed by atoms with E-state index in [9.17, 15) is 0 Å². The van der Waals surface area contributed by atoms with Crippen LogP contribution in [0.2, 0.25) is 0 Å². The van der Waals surface area contributed by atoms with Gasteiger partial charge in [0, 0.05) is 21.9 Å². The summed E-state index contributed by atoms with van der Waals surface area (Å²) in [6.45, 7) is 12.9. The molecule has 176 valence electrons. The molecule has 0 bridgehead atoms. The number of nitrogen functional groups attached to an aromatic ring is 1. The van der Waals surface area contributed by atoms with Gasteiger partial charge in [-0.25, -0.2) is 19.9 Å². The van der Waals surface area contributed by atoms with Crippen LogP contribution in [0, 0.1) is 41.5 Å². The summed E-state index contributed by atoms with van der Waals surface area (Å²) in [5.74, 6) is 0.369. The van der Waals surface area contributed by atoms with E-state index in [0.29, 0.717) is 17.2 Å². The standard InChI is InChI=1S/C28H27N5S2/c1-14-7-9-20(18(5)16(14)3)23-12-34-27(32-23)22-11-30-26(29)25(31-22)28-33-24(13-35-28)21-10-8-15(2)17(4)19(21)6/h7-13H,1-6H3,(H2,29,30). The molecule has 0 aliphatic carbocycles. The number of anilines is 1. The molecule has 3 heterocycles. The molecule has 2 aromatic carbocycles. The minimum absolute atomic E-state index is 0.369. The lowest BCUT2D eigenvalue weighted by molar-refractivity contribution is 1.19. The normalized spacial score (nSPS) is 11.3. The first-order chi connectivity index (χ1) is 16.7. The lowest BCUT2D eigenvalue weighted by atomic mass is 9.97. The van der Waals surface area contributed by atoms with Gasteiger partial charge in [-0.3, -0.25) is 0 Å². The van der Waals surface area contributed by atoms with Crippen LogP contribution in [0.5, 0.6) is 0 Å². The van der Waals surface area contributed by atoms with Gasteiger partial charge in [0.25, 0.3) is 0 Å². The fourth-order valence-electron chi connectivity index (χ4n) is 4.15. The number of nitrogens with two attached hydrogens (primary N) is 1. The molecule has 35 heavy (non-hydrogen) atoms. The molecule has 0 saturated carbocycles. The third kappa shape index (κ3) is 4.15. The number of rotatable bonds is 4. The van der Waals surface area contributed by atoms with Crippen molar-refractivity contribution < 1.29 is 0 Å². The van der Waals surface area contributed by atoms with Crippen LogP contribution in [-0.2, 0) is 0 Å². The van der Waals surface area contributed by atoms with Gasteiger partial charge < -0.3 is 5.73 Å². The molecule has 0 amide bonds. The van der Waals surface area contributed by atoms with Crippen molar-refractivity contribution in [2.75, 3.05) is 5.73 Å². The Morgan fingerprint density at radius 1 is 0.600 bits per heavy atom. The number of hydrogen-bond acceptors (Lipinski definition) is 7. The Kier molecular flexibility index (Phi) is 5.99. The monoisotopic (exact) mass is 497 g/mol. The molecule has 0 spiro atoms. The number of thiazole rings is 2. The molecule has 0 radical (unpaired) electrons. The van der Waals surface area contributed by atoms with E-state index in [0.717, 1.165) is 32.5 Å². The Balaban J connectivity index is 1.51. The van der Waals surface area contributed by atoms with E-state index in [1.165, 1.54) is 44.7 Å². The topological polar surface area (TPSA) is 77.6 Å². The minimum Gasteiger partial charge on any atom is -0.382 e. The van der Waals surface area contributed by atoms with Gasteiger partial charge in [0.15, 0.2) is 5.82 Å². The third-order valence-corrected chi connectivity index (χ3v) is 8.61. The highest BCUT2D eigenvalue weighted by molar-refractivity contribution is 7.13. The van der Waals surface area contributed by atoms with Crippen molar-refractivity contribution in [1.82, 2.24) is 19.9 Å². The number of aryl methyl sites for hydroxylation is 2. The van der Waals surface area contributed by atoms with E-state index < -0.39 is 0 Å². The summed E-state index contributed by atoms with van der Waals surface area (Å²) in [5.41, 5.74) is 19.3. The highest BCUT2D eigenvalue weighted by Gasteiger charge is 2.17. The fourth-order valence-corrected chi connectivity index (χ4v) is 5.74. The summed E-state index contributed by atoms with van der Waals surface area (Å²) in [5, 5.41) is 5.71. The van der Waals surface area contributed by atoms with Crippen LogP contribution in [0.25, 0.3) is 43.9 Å². The van der Waals surface area contributed by atoms with Gasteiger partial charge in [-0.05, 0) is 74.9 Å². The first kappa shape index (κ1) is 23.3. The Labute approximate surface area is 213 Å². The van der Waals surface area contributed by atoms with Gasteiger partial charge in [0.05, 0.1) is 17.6 Å². The van der Waals surface area contributed by atoms with Crippen molar-refractivity contribution in [2.24, 2.45) is 0 Å². The molecule has 0 aliphatic rings. The summed E-state index contributed by atoms with van der Waals surface area (Å²) in [6, 6.07) is 8.56. The molecule has 2 N–H and O–H groups in total. The van der Waals surface area contributed by atoms with Gasteiger partial charge in [0.2, 0.25) is 0 Å². The summed E-state index contributed by atoms with van der Waals surface area (Å²) < 4.78 is 0. The van der Waals surface area contributed by atoms with Crippen molar-refractivity contribution in [3.63, 3.8) is 0 Å². The number of aromatic nitrogens is 4. The van der Waals surface area contributed by atoms with Crippen LogP contribution in [0.3, 0.4) is 0 Å². The maximum Gasteiger partial charge on any atom is 0.152 e. The predicted octanol–water partition coefficient (Wildman–Crippen LogP) is 7.49. The second-order valence-corrected chi connectivity index (χ2v) is 10.6. The number of benzene rings is 2. The molecular formula is C28H27N5S2. The van der Waals surface area contributed by atoms with Gasteiger partial charge in [0.1, 0.15) is 21.4 Å². The van der Waals surface area contributed by atoms with E-state index in [2.05, 4.69) is 81.6 Å². The van der Waals surface area contributed by atoms with Crippen LogP contribution in [0.4, 0.5) is 5.82 Å². The largest absolute Gasteiger partial charge is 0.382 e. The fraction of sp³-hybridized carbons (Fsp3) is 0.214. The highest BCUT2D eigenvalue weighted by atomic mass is 32.1. The Hall–Kier alpha value is -3.42. The molecule has 0 unspecified atom stereocenters. The maximum atomic E-state index is 6.24. The zero-order valence-corrected chi connectivity index (χ0v) is 22.4. The van der Waals surface area contributed by atoms with Crippen LogP contribution in [-0.4, -0.2) is 19.9 Å². The zero-order valence-electron chi connectivity index (χ0n) is 20.7. The minimum atomic E-state index is 0.369. The van der Waals surface area contributed by atoms with Gasteiger partial charge in [-0.2, -0.15) is 0 Å².